The summed E-state index contributed by atoms with van der Waals surface area (Å²) < 4.78 is 0. The molecule has 1 heterocycles. The third-order valence-electron chi connectivity index (χ3n) is 3.27. The second-order valence-electron chi connectivity index (χ2n) is 4.60. The molecule has 0 radical (unpaired) electrons. The first-order chi connectivity index (χ1) is 7.01. The Morgan fingerprint density at radius 3 is 2.20 bits per heavy atom. The molecule has 15 heavy (non-hydrogen) atoms. The number of hydrogen-bond donors (Lipinski definition) is 1. The number of piperazine rings is 1. The van der Waals surface area contributed by atoms with Crippen molar-refractivity contribution in [1.82, 2.24) is 15.1 Å². The van der Waals surface area contributed by atoms with E-state index in [1.54, 1.807) is 0 Å². The lowest BCUT2D eigenvalue weighted by Gasteiger charge is -2.38. The van der Waals surface area contributed by atoms with Crippen molar-refractivity contribution < 1.29 is 4.79 Å². The molecule has 0 spiro atoms. The highest BCUT2D eigenvalue weighted by Gasteiger charge is 2.31. The largest absolute Gasteiger partial charge is 0.339 e. The van der Waals surface area contributed by atoms with Gasteiger partial charge in [0.25, 0.3) is 0 Å². The van der Waals surface area contributed by atoms with Gasteiger partial charge in [0.15, 0.2) is 0 Å². The molecule has 1 N–H and O–H groups in total. The van der Waals surface area contributed by atoms with Gasteiger partial charge in [-0.3, -0.25) is 4.79 Å². The number of rotatable bonds is 3. The maximum Gasteiger partial charge on any atom is 0.242 e. The summed E-state index contributed by atoms with van der Waals surface area (Å²) in [6, 6.07) is 0. The molecule has 0 aromatic carbocycles. The van der Waals surface area contributed by atoms with Crippen LogP contribution in [-0.4, -0.2) is 61.0 Å². The first-order valence-electron chi connectivity index (χ1n) is 5.72. The smallest absolute Gasteiger partial charge is 0.242 e. The summed E-state index contributed by atoms with van der Waals surface area (Å²) in [6.45, 7) is 10.8. The van der Waals surface area contributed by atoms with Crippen molar-refractivity contribution in [3.63, 3.8) is 0 Å². The van der Waals surface area contributed by atoms with Crippen molar-refractivity contribution in [2.75, 3.05) is 39.8 Å². The van der Waals surface area contributed by atoms with Crippen LogP contribution in [0.5, 0.6) is 0 Å². The van der Waals surface area contributed by atoms with E-state index in [0.717, 1.165) is 32.7 Å². The molecule has 0 unspecified atom stereocenters. The molecule has 88 valence electrons. The van der Waals surface area contributed by atoms with E-state index in [1.165, 1.54) is 0 Å². The Morgan fingerprint density at radius 2 is 1.80 bits per heavy atom. The lowest BCUT2D eigenvalue weighted by molar-refractivity contribution is -0.138. The first-order valence-corrected chi connectivity index (χ1v) is 5.72. The molecule has 1 amide bonds. The third kappa shape index (κ3) is 2.92. The van der Waals surface area contributed by atoms with Crippen LogP contribution in [0.25, 0.3) is 0 Å². The topological polar surface area (TPSA) is 35.6 Å². The van der Waals surface area contributed by atoms with Crippen LogP contribution in [0.3, 0.4) is 0 Å². The van der Waals surface area contributed by atoms with E-state index < -0.39 is 5.54 Å². The highest BCUT2D eigenvalue weighted by atomic mass is 16.2. The predicted molar refractivity (Wildman–Crippen MR) is 61.8 cm³/mol. The van der Waals surface area contributed by atoms with Gasteiger partial charge in [0, 0.05) is 26.2 Å². The van der Waals surface area contributed by atoms with Crippen LogP contribution >= 0.6 is 0 Å². The van der Waals surface area contributed by atoms with E-state index in [0.29, 0.717) is 0 Å². The zero-order chi connectivity index (χ0) is 11.5. The lowest BCUT2D eigenvalue weighted by atomic mass is 10.0. The van der Waals surface area contributed by atoms with Crippen molar-refractivity contribution in [3.8, 4) is 0 Å². The maximum absolute atomic E-state index is 12.1. The molecule has 1 rings (SSSR count). The fourth-order valence-corrected chi connectivity index (χ4v) is 1.77. The molecule has 0 atom stereocenters. The van der Waals surface area contributed by atoms with Crippen LogP contribution < -0.4 is 5.32 Å². The summed E-state index contributed by atoms with van der Waals surface area (Å²) in [7, 11) is 1.83. The van der Waals surface area contributed by atoms with E-state index in [2.05, 4.69) is 17.1 Å². The standard InChI is InChI=1S/C11H23N3O/c1-5-13-6-8-14(9-7-13)10(15)11(2,3)12-4/h12H,5-9H2,1-4H3. The second-order valence-corrected chi connectivity index (χ2v) is 4.60. The molecule has 0 saturated carbocycles. The molecule has 1 fully saturated rings. The van der Waals surface area contributed by atoms with E-state index in [4.69, 9.17) is 0 Å². The molecular weight excluding hydrogens is 190 g/mol. The number of carbonyl (C=O) groups is 1. The van der Waals surface area contributed by atoms with Crippen LogP contribution in [0.4, 0.5) is 0 Å². The minimum absolute atomic E-state index is 0.209. The molecule has 4 nitrogen and oxygen atoms in total. The molecular formula is C11H23N3O. The predicted octanol–water partition coefficient (Wildman–Crippen LogP) is 0.149. The minimum atomic E-state index is -0.436. The Hall–Kier alpha value is -0.610. The van der Waals surface area contributed by atoms with Gasteiger partial charge in [0.05, 0.1) is 5.54 Å². The monoisotopic (exact) mass is 213 g/mol. The number of amides is 1. The average molecular weight is 213 g/mol. The van der Waals surface area contributed by atoms with Gasteiger partial charge >= 0.3 is 0 Å². The van der Waals surface area contributed by atoms with Gasteiger partial charge in [-0.1, -0.05) is 6.92 Å². The summed E-state index contributed by atoms with van der Waals surface area (Å²) in [6.07, 6.45) is 0. The summed E-state index contributed by atoms with van der Waals surface area (Å²) in [4.78, 5) is 16.4. The van der Waals surface area contributed by atoms with Gasteiger partial charge < -0.3 is 15.1 Å². The lowest BCUT2D eigenvalue weighted by Crippen LogP contribution is -2.57. The Kier molecular flexibility index (Phi) is 4.11. The van der Waals surface area contributed by atoms with Crippen molar-refractivity contribution >= 4 is 5.91 Å². The molecule has 4 heteroatoms. The summed E-state index contributed by atoms with van der Waals surface area (Å²) in [5.41, 5.74) is -0.436. The minimum Gasteiger partial charge on any atom is -0.339 e. The maximum atomic E-state index is 12.1. The summed E-state index contributed by atoms with van der Waals surface area (Å²) in [5, 5.41) is 3.06. The van der Waals surface area contributed by atoms with Crippen LogP contribution in [0, 0.1) is 0 Å². The number of carbonyl (C=O) groups excluding carboxylic acids is 1. The fourth-order valence-electron chi connectivity index (χ4n) is 1.77. The van der Waals surface area contributed by atoms with Crippen LogP contribution in [0.1, 0.15) is 20.8 Å². The first kappa shape index (κ1) is 12.5. The second kappa shape index (κ2) is 4.94. The normalized spacial score (nSPS) is 19.3. The van der Waals surface area contributed by atoms with Crippen LogP contribution in [-0.2, 0) is 4.79 Å². The molecule has 0 aromatic heterocycles. The van der Waals surface area contributed by atoms with Crippen LogP contribution in [0.2, 0.25) is 0 Å². The molecule has 0 aromatic rings. The molecule has 1 aliphatic heterocycles. The number of nitrogens with one attached hydrogen (secondary N) is 1. The molecule has 1 aliphatic rings. The fraction of sp³-hybridized carbons (Fsp3) is 0.909. The van der Waals surface area contributed by atoms with Gasteiger partial charge in [0.2, 0.25) is 5.91 Å². The number of hydrogen-bond acceptors (Lipinski definition) is 3. The zero-order valence-corrected chi connectivity index (χ0v) is 10.3. The van der Waals surface area contributed by atoms with E-state index in [-0.39, 0.29) is 5.91 Å². The SMILES string of the molecule is CCN1CCN(C(=O)C(C)(C)NC)CC1. The molecule has 0 bridgehead atoms. The Labute approximate surface area is 92.6 Å². The van der Waals surface area contributed by atoms with Gasteiger partial charge in [-0.25, -0.2) is 0 Å². The van der Waals surface area contributed by atoms with Crippen molar-refractivity contribution in [2.24, 2.45) is 0 Å². The van der Waals surface area contributed by atoms with E-state index >= 15 is 0 Å². The zero-order valence-electron chi connectivity index (χ0n) is 10.3. The van der Waals surface area contributed by atoms with Crippen molar-refractivity contribution in [3.05, 3.63) is 0 Å². The van der Waals surface area contributed by atoms with E-state index in [1.807, 2.05) is 25.8 Å². The van der Waals surface area contributed by atoms with Crippen molar-refractivity contribution in [2.45, 2.75) is 26.3 Å². The Bertz CT molecular complexity index is 220. The van der Waals surface area contributed by atoms with Crippen molar-refractivity contribution in [1.29, 1.82) is 0 Å². The number of nitrogens with zero attached hydrogens (tertiary/aromatic N) is 2. The molecule has 0 aliphatic carbocycles. The van der Waals surface area contributed by atoms with E-state index in [9.17, 15) is 4.79 Å². The Balaban J connectivity index is 2.50. The Morgan fingerprint density at radius 1 is 1.27 bits per heavy atom. The molecule has 1 saturated heterocycles. The van der Waals surface area contributed by atoms with Gasteiger partial charge in [-0.2, -0.15) is 0 Å². The quantitative estimate of drug-likeness (QED) is 0.725. The summed E-state index contributed by atoms with van der Waals surface area (Å²) >= 11 is 0. The highest BCUT2D eigenvalue weighted by Crippen LogP contribution is 2.10. The third-order valence-corrected chi connectivity index (χ3v) is 3.27. The van der Waals surface area contributed by atoms with Crippen LogP contribution in [0.15, 0.2) is 0 Å². The average Bonchev–Trinajstić information content (AvgIpc) is 2.28. The van der Waals surface area contributed by atoms with Gasteiger partial charge in [-0.05, 0) is 27.4 Å². The highest BCUT2D eigenvalue weighted by molar-refractivity contribution is 5.85. The number of likely N-dealkylation sites (N-methyl/N-ethyl adjacent to an activating group) is 2. The van der Waals surface area contributed by atoms with Gasteiger partial charge in [-0.15, -0.1) is 0 Å². The summed E-state index contributed by atoms with van der Waals surface area (Å²) in [5.74, 6) is 0.209. The van der Waals surface area contributed by atoms with Gasteiger partial charge in [0.1, 0.15) is 0 Å².